The number of nitrogens with two attached hydrogens (primary N) is 2. The van der Waals surface area contributed by atoms with Crippen molar-refractivity contribution in [1.82, 2.24) is 10.6 Å². The second-order valence-corrected chi connectivity index (χ2v) is 4.66. The molecule has 0 aliphatic carbocycles. The lowest BCUT2D eigenvalue weighted by molar-refractivity contribution is -0.123. The standard InChI is InChI=1S/C12H28N4O/c1-10(2)11(14)12(17)16-9-5-8-15-7-4-3-6-13/h10-11,15H,3-9,13-14H2,1-2H3,(H,16,17). The van der Waals surface area contributed by atoms with Gasteiger partial charge >= 0.3 is 0 Å². The van der Waals surface area contributed by atoms with E-state index >= 15 is 0 Å². The van der Waals surface area contributed by atoms with Crippen molar-refractivity contribution in [3.63, 3.8) is 0 Å². The summed E-state index contributed by atoms with van der Waals surface area (Å²) in [5.41, 5.74) is 11.1. The number of carbonyl (C=O) groups excluding carboxylic acids is 1. The summed E-state index contributed by atoms with van der Waals surface area (Å²) in [6, 6.07) is -0.396. The van der Waals surface area contributed by atoms with Crippen LogP contribution >= 0.6 is 0 Å². The number of unbranched alkanes of at least 4 members (excludes halogenated alkanes) is 1. The van der Waals surface area contributed by atoms with Gasteiger partial charge in [0.2, 0.25) is 5.91 Å². The van der Waals surface area contributed by atoms with E-state index in [0.717, 1.165) is 38.9 Å². The van der Waals surface area contributed by atoms with Crippen molar-refractivity contribution in [2.75, 3.05) is 26.2 Å². The van der Waals surface area contributed by atoms with Crippen LogP contribution in [0, 0.1) is 5.92 Å². The molecule has 0 aromatic heterocycles. The molecule has 0 spiro atoms. The number of nitrogens with one attached hydrogen (secondary N) is 2. The first-order valence-electron chi connectivity index (χ1n) is 6.53. The number of hydrogen-bond donors (Lipinski definition) is 4. The monoisotopic (exact) mass is 244 g/mol. The van der Waals surface area contributed by atoms with Crippen molar-refractivity contribution < 1.29 is 4.79 Å². The number of amides is 1. The summed E-state index contributed by atoms with van der Waals surface area (Å²) < 4.78 is 0. The summed E-state index contributed by atoms with van der Waals surface area (Å²) >= 11 is 0. The molecule has 0 fully saturated rings. The van der Waals surface area contributed by atoms with Crippen LogP contribution in [0.5, 0.6) is 0 Å². The Hall–Kier alpha value is -0.650. The lowest BCUT2D eigenvalue weighted by Gasteiger charge is -2.15. The summed E-state index contributed by atoms with van der Waals surface area (Å²) in [6.45, 7) is 7.25. The van der Waals surface area contributed by atoms with E-state index in [1.165, 1.54) is 0 Å². The fourth-order valence-electron chi connectivity index (χ4n) is 1.36. The second-order valence-electron chi connectivity index (χ2n) is 4.66. The molecular weight excluding hydrogens is 216 g/mol. The Morgan fingerprint density at radius 1 is 1.12 bits per heavy atom. The van der Waals surface area contributed by atoms with Gasteiger partial charge in [-0.2, -0.15) is 0 Å². The Morgan fingerprint density at radius 2 is 1.76 bits per heavy atom. The minimum absolute atomic E-state index is 0.0527. The first-order valence-corrected chi connectivity index (χ1v) is 6.53. The van der Waals surface area contributed by atoms with Crippen LogP contribution in [0.15, 0.2) is 0 Å². The van der Waals surface area contributed by atoms with E-state index in [4.69, 9.17) is 11.5 Å². The molecule has 1 unspecified atom stereocenters. The van der Waals surface area contributed by atoms with Gasteiger partial charge in [0, 0.05) is 6.54 Å². The van der Waals surface area contributed by atoms with Crippen molar-refractivity contribution in [2.45, 2.75) is 39.2 Å². The maximum Gasteiger partial charge on any atom is 0.237 e. The van der Waals surface area contributed by atoms with Gasteiger partial charge in [0.15, 0.2) is 0 Å². The normalized spacial score (nSPS) is 12.8. The second kappa shape index (κ2) is 10.5. The highest BCUT2D eigenvalue weighted by molar-refractivity contribution is 5.81. The fraction of sp³-hybridized carbons (Fsp3) is 0.917. The lowest BCUT2D eigenvalue weighted by atomic mass is 10.1. The zero-order valence-electron chi connectivity index (χ0n) is 11.2. The molecule has 0 aliphatic rings. The maximum absolute atomic E-state index is 11.5. The van der Waals surface area contributed by atoms with E-state index in [0.29, 0.717) is 6.54 Å². The zero-order valence-corrected chi connectivity index (χ0v) is 11.2. The van der Waals surface area contributed by atoms with E-state index in [-0.39, 0.29) is 11.8 Å². The summed E-state index contributed by atoms with van der Waals surface area (Å²) in [6.07, 6.45) is 3.10. The lowest BCUT2D eigenvalue weighted by Crippen LogP contribution is -2.44. The average Bonchev–Trinajstić information content (AvgIpc) is 2.31. The first kappa shape index (κ1) is 16.4. The van der Waals surface area contributed by atoms with Crippen LogP contribution in [0.3, 0.4) is 0 Å². The summed E-state index contributed by atoms with van der Waals surface area (Å²) in [7, 11) is 0. The number of rotatable bonds is 10. The molecule has 0 saturated heterocycles. The molecular formula is C12H28N4O. The smallest absolute Gasteiger partial charge is 0.237 e. The van der Waals surface area contributed by atoms with E-state index in [9.17, 15) is 4.79 Å². The van der Waals surface area contributed by atoms with E-state index in [1.807, 2.05) is 13.8 Å². The molecule has 0 heterocycles. The van der Waals surface area contributed by atoms with Crippen LogP contribution < -0.4 is 22.1 Å². The largest absolute Gasteiger partial charge is 0.355 e. The topological polar surface area (TPSA) is 93.2 Å². The molecule has 0 radical (unpaired) electrons. The molecule has 0 aliphatic heterocycles. The van der Waals surface area contributed by atoms with Crippen LogP contribution in [-0.2, 0) is 4.79 Å². The molecule has 17 heavy (non-hydrogen) atoms. The third-order valence-electron chi connectivity index (χ3n) is 2.66. The summed E-state index contributed by atoms with van der Waals surface area (Å²) in [5, 5.41) is 6.15. The summed E-state index contributed by atoms with van der Waals surface area (Å²) in [4.78, 5) is 11.5. The van der Waals surface area contributed by atoms with E-state index < -0.39 is 6.04 Å². The minimum Gasteiger partial charge on any atom is -0.355 e. The molecule has 0 bridgehead atoms. The van der Waals surface area contributed by atoms with Gasteiger partial charge in [-0.05, 0) is 44.8 Å². The van der Waals surface area contributed by atoms with Gasteiger partial charge in [0.05, 0.1) is 6.04 Å². The molecule has 1 amide bonds. The van der Waals surface area contributed by atoms with Gasteiger partial charge in [0.25, 0.3) is 0 Å². The van der Waals surface area contributed by atoms with Crippen LogP contribution in [0.1, 0.15) is 33.1 Å². The molecule has 0 aromatic carbocycles. The van der Waals surface area contributed by atoms with Crippen molar-refractivity contribution >= 4 is 5.91 Å². The predicted octanol–water partition coefficient (Wildman–Crippen LogP) is -0.195. The van der Waals surface area contributed by atoms with Crippen LogP contribution in [0.4, 0.5) is 0 Å². The van der Waals surface area contributed by atoms with Gasteiger partial charge in [-0.1, -0.05) is 13.8 Å². The first-order chi connectivity index (χ1) is 8.09. The van der Waals surface area contributed by atoms with Crippen LogP contribution in [-0.4, -0.2) is 38.1 Å². The molecule has 0 rings (SSSR count). The average molecular weight is 244 g/mol. The van der Waals surface area contributed by atoms with Gasteiger partial charge in [0.1, 0.15) is 0 Å². The molecule has 1 atom stereocenters. The Kier molecular flexibility index (Phi) is 10.1. The highest BCUT2D eigenvalue weighted by Crippen LogP contribution is 1.97. The fourth-order valence-corrected chi connectivity index (χ4v) is 1.36. The van der Waals surface area contributed by atoms with Gasteiger partial charge in [-0.3, -0.25) is 4.79 Å². The highest BCUT2D eigenvalue weighted by Gasteiger charge is 2.15. The molecule has 0 aromatic rings. The quantitative estimate of drug-likeness (QED) is 0.401. The Bertz CT molecular complexity index is 197. The van der Waals surface area contributed by atoms with Gasteiger partial charge in [-0.25, -0.2) is 0 Å². The molecule has 5 nitrogen and oxygen atoms in total. The van der Waals surface area contributed by atoms with Crippen molar-refractivity contribution in [3.05, 3.63) is 0 Å². The summed E-state index contributed by atoms with van der Waals surface area (Å²) in [5.74, 6) is 0.132. The SMILES string of the molecule is CC(C)C(N)C(=O)NCCCNCCCCN. The molecule has 6 N–H and O–H groups in total. The Balaban J connectivity index is 3.31. The Morgan fingerprint density at radius 3 is 2.35 bits per heavy atom. The van der Waals surface area contributed by atoms with Crippen molar-refractivity contribution in [1.29, 1.82) is 0 Å². The highest BCUT2D eigenvalue weighted by atomic mass is 16.2. The van der Waals surface area contributed by atoms with E-state index in [1.54, 1.807) is 0 Å². The molecule has 102 valence electrons. The van der Waals surface area contributed by atoms with Crippen molar-refractivity contribution in [3.8, 4) is 0 Å². The minimum atomic E-state index is -0.396. The predicted molar refractivity (Wildman–Crippen MR) is 71.6 cm³/mol. The molecule has 5 heteroatoms. The van der Waals surface area contributed by atoms with E-state index in [2.05, 4.69) is 10.6 Å². The third-order valence-corrected chi connectivity index (χ3v) is 2.66. The van der Waals surface area contributed by atoms with Gasteiger partial charge in [-0.15, -0.1) is 0 Å². The number of hydrogen-bond acceptors (Lipinski definition) is 4. The molecule has 0 saturated carbocycles. The third kappa shape index (κ3) is 9.09. The maximum atomic E-state index is 11.5. The number of carbonyl (C=O) groups is 1. The van der Waals surface area contributed by atoms with Gasteiger partial charge < -0.3 is 22.1 Å². The van der Waals surface area contributed by atoms with Crippen LogP contribution in [0.2, 0.25) is 0 Å². The van der Waals surface area contributed by atoms with Crippen molar-refractivity contribution in [2.24, 2.45) is 17.4 Å². The zero-order chi connectivity index (χ0) is 13.1. The van der Waals surface area contributed by atoms with Crippen LogP contribution in [0.25, 0.3) is 0 Å². The Labute approximate surface area is 105 Å².